The molecule has 0 aliphatic carbocycles. The van der Waals surface area contributed by atoms with Crippen LogP contribution in [-0.4, -0.2) is 14.7 Å². The van der Waals surface area contributed by atoms with Crippen molar-refractivity contribution in [2.45, 2.75) is 0 Å². The van der Waals surface area contributed by atoms with E-state index < -0.39 is 7.82 Å². The van der Waals surface area contributed by atoms with Gasteiger partial charge in [-0.1, -0.05) is 0 Å². The Bertz CT molecular complexity index is 57.8. The second-order valence-corrected chi connectivity index (χ2v) is 1.54. The third kappa shape index (κ3) is 69.8. The molecule has 0 spiro atoms. The third-order valence-corrected chi connectivity index (χ3v) is 0. The van der Waals surface area contributed by atoms with Crippen molar-refractivity contribution >= 4 is 7.82 Å². The fraction of sp³-hybridized carbons (Fsp3) is 0. The molecule has 40 valence electrons. The van der Waals surface area contributed by atoms with Crippen LogP contribution in [0, 0.1) is 41.3 Å². The topological polar surface area (TPSA) is 77.8 Å². The van der Waals surface area contributed by atoms with Crippen molar-refractivity contribution in [2.75, 3.05) is 0 Å². The second kappa shape index (κ2) is 6.18. The maximum Gasteiger partial charge on any atom is 0.466 e. The van der Waals surface area contributed by atoms with Gasteiger partial charge in [0.2, 0.25) is 0 Å². The first-order chi connectivity index (χ1) is 2.00. The molecule has 0 rings (SSSR count). The Kier molecular flexibility index (Phi) is 14.2. The van der Waals surface area contributed by atoms with Gasteiger partial charge in [-0.05, 0) is 0 Å². The molecule has 2 radical (unpaired) electrons. The van der Waals surface area contributed by atoms with Crippen LogP contribution >= 0.6 is 7.82 Å². The van der Waals surface area contributed by atoms with Crippen LogP contribution in [0.3, 0.4) is 0 Å². The maximum atomic E-state index is 8.88. The summed E-state index contributed by atoms with van der Waals surface area (Å²) in [6.07, 6.45) is 0. The molecule has 0 aromatic carbocycles. The van der Waals surface area contributed by atoms with E-state index in [0.717, 1.165) is 0 Å². The Labute approximate surface area is 85.8 Å². The summed E-state index contributed by atoms with van der Waals surface area (Å²) in [7, 11) is -4.64. The molecule has 0 fully saturated rings. The molecule has 0 aliphatic rings. The molecule has 0 bridgehead atoms. The van der Waals surface area contributed by atoms with Crippen molar-refractivity contribution < 1.29 is 79.1 Å². The molecule has 0 saturated heterocycles. The zero-order chi connectivity index (χ0) is 4.50. The molecule has 0 atom stereocenters. The van der Waals surface area contributed by atoms with E-state index in [4.69, 9.17) is 19.2 Å². The molecule has 0 aromatic heterocycles. The van der Waals surface area contributed by atoms with Gasteiger partial charge in [-0.3, -0.25) is 0 Å². The molecular formula is H3O4PPrV. The molecule has 0 heterocycles. The summed E-state index contributed by atoms with van der Waals surface area (Å²) in [6, 6.07) is 0. The van der Waals surface area contributed by atoms with Gasteiger partial charge in [-0.15, -0.1) is 0 Å². The van der Waals surface area contributed by atoms with Gasteiger partial charge in [-0.2, -0.15) is 0 Å². The quantitative estimate of drug-likeness (QED) is 0.504. The standard InChI is InChI=1S/H3O4P.Pr.V/c1-5(2,3)4;;/h(H3,1,2,3,4);;. The molecule has 0 unspecified atom stereocenters. The summed E-state index contributed by atoms with van der Waals surface area (Å²) in [6.45, 7) is 0. The average molecular weight is 290 g/mol. The first-order valence-corrected chi connectivity index (χ1v) is 2.35. The SMILES string of the molecule is O=P(O)(O)O.[Pr].[V]. The summed E-state index contributed by atoms with van der Waals surface area (Å²) in [4.78, 5) is 21.6. The van der Waals surface area contributed by atoms with Gasteiger partial charge in [0.05, 0.1) is 0 Å². The van der Waals surface area contributed by atoms with Crippen LogP contribution in [-0.2, 0) is 23.1 Å². The Morgan fingerprint density at radius 2 is 1.14 bits per heavy atom. The minimum Gasteiger partial charge on any atom is -0.303 e. The van der Waals surface area contributed by atoms with Crippen LogP contribution in [0.5, 0.6) is 0 Å². The fourth-order valence-electron chi connectivity index (χ4n) is 0. The van der Waals surface area contributed by atoms with E-state index in [-0.39, 0.29) is 59.8 Å². The fourth-order valence-corrected chi connectivity index (χ4v) is 0. The molecule has 3 N–H and O–H groups in total. The Morgan fingerprint density at radius 1 is 1.14 bits per heavy atom. The molecule has 4 nitrogen and oxygen atoms in total. The average Bonchev–Trinajstić information content (AvgIpc) is 0.722. The monoisotopic (exact) mass is 290 g/mol. The molecule has 0 aromatic rings. The van der Waals surface area contributed by atoms with Crippen molar-refractivity contribution in [3.63, 3.8) is 0 Å². The van der Waals surface area contributed by atoms with Crippen LogP contribution in [0.4, 0.5) is 0 Å². The van der Waals surface area contributed by atoms with Gasteiger partial charge >= 0.3 is 7.82 Å². The summed E-state index contributed by atoms with van der Waals surface area (Å²) >= 11 is 0. The van der Waals surface area contributed by atoms with E-state index in [1.165, 1.54) is 0 Å². The van der Waals surface area contributed by atoms with Gasteiger partial charge in [0.25, 0.3) is 0 Å². The van der Waals surface area contributed by atoms with Crippen LogP contribution in [0.2, 0.25) is 0 Å². The first-order valence-electron chi connectivity index (χ1n) is 0.783. The van der Waals surface area contributed by atoms with E-state index in [9.17, 15) is 0 Å². The second-order valence-electron chi connectivity index (χ2n) is 0.513. The number of hydrogen-bond donors (Lipinski definition) is 3. The molecule has 7 heavy (non-hydrogen) atoms. The minimum absolute atomic E-state index is 0. The smallest absolute Gasteiger partial charge is 0.303 e. The number of hydrogen-bond acceptors (Lipinski definition) is 1. The van der Waals surface area contributed by atoms with Gasteiger partial charge < -0.3 is 14.7 Å². The van der Waals surface area contributed by atoms with Gasteiger partial charge in [0.15, 0.2) is 0 Å². The zero-order valence-electron chi connectivity index (χ0n) is 3.22. The molecule has 7 heteroatoms. The van der Waals surface area contributed by atoms with Crippen molar-refractivity contribution in [1.29, 1.82) is 0 Å². The van der Waals surface area contributed by atoms with E-state index in [1.54, 1.807) is 0 Å². The summed E-state index contributed by atoms with van der Waals surface area (Å²) in [5, 5.41) is 0. The predicted molar refractivity (Wildman–Crippen MR) is 14.3 cm³/mol. The van der Waals surface area contributed by atoms with Crippen LogP contribution < -0.4 is 0 Å². The van der Waals surface area contributed by atoms with Crippen molar-refractivity contribution in [3.8, 4) is 0 Å². The Hall–Kier alpha value is 2.06. The van der Waals surface area contributed by atoms with Crippen molar-refractivity contribution in [1.82, 2.24) is 0 Å². The van der Waals surface area contributed by atoms with Gasteiger partial charge in [-0.25, -0.2) is 4.57 Å². The maximum absolute atomic E-state index is 8.88. The normalized spacial score (nSPS) is 8.43. The minimum atomic E-state index is -4.64. The molecule has 0 saturated carbocycles. The Balaban J connectivity index is -0.0000000800. The first kappa shape index (κ1) is 16.0. The van der Waals surface area contributed by atoms with Gasteiger partial charge in [0.1, 0.15) is 0 Å². The molecular weight excluding hydrogens is 287 g/mol. The summed E-state index contributed by atoms with van der Waals surface area (Å²) < 4.78 is 8.88. The zero-order valence-corrected chi connectivity index (χ0v) is 9.22. The third-order valence-electron chi connectivity index (χ3n) is 0. The summed E-state index contributed by atoms with van der Waals surface area (Å²) in [5.74, 6) is 0. The molecule has 0 aliphatic heterocycles. The largest absolute Gasteiger partial charge is 0.466 e. The summed E-state index contributed by atoms with van der Waals surface area (Å²) in [5.41, 5.74) is 0. The van der Waals surface area contributed by atoms with Crippen molar-refractivity contribution in [2.24, 2.45) is 0 Å². The van der Waals surface area contributed by atoms with Crippen LogP contribution in [0.1, 0.15) is 0 Å². The van der Waals surface area contributed by atoms with E-state index in [2.05, 4.69) is 0 Å². The number of phosphoric acid groups is 1. The predicted octanol–water partition coefficient (Wildman–Crippen LogP) is -0.931. The van der Waals surface area contributed by atoms with E-state index in [0.29, 0.717) is 0 Å². The van der Waals surface area contributed by atoms with Crippen molar-refractivity contribution in [3.05, 3.63) is 0 Å². The van der Waals surface area contributed by atoms with Crippen LogP contribution in [0.25, 0.3) is 0 Å². The van der Waals surface area contributed by atoms with E-state index >= 15 is 0 Å². The van der Waals surface area contributed by atoms with Gasteiger partial charge in [0, 0.05) is 59.8 Å². The number of rotatable bonds is 0. The molecule has 0 amide bonds. The Morgan fingerprint density at radius 3 is 1.14 bits per heavy atom. The van der Waals surface area contributed by atoms with E-state index in [1.807, 2.05) is 0 Å². The van der Waals surface area contributed by atoms with Crippen LogP contribution in [0.15, 0.2) is 0 Å².